The number of carbonyl (C=O) groups excluding carboxylic acids is 1. The number of amides is 1. The van der Waals surface area contributed by atoms with Crippen molar-refractivity contribution in [3.63, 3.8) is 0 Å². The summed E-state index contributed by atoms with van der Waals surface area (Å²) in [6.07, 6.45) is 5.42. The quantitative estimate of drug-likeness (QED) is 0.755. The molecule has 2 saturated heterocycles. The standard InChI is InChI=1S/C13H24N2O2/c1-13(9-17-10-13)8-15-12(16)6-5-11-4-2-3-7-14-11/h11,14H,2-10H2,1H3,(H,15,16). The number of ether oxygens (including phenoxy) is 1. The molecular formula is C13H24N2O2. The van der Waals surface area contributed by atoms with Gasteiger partial charge in [-0.05, 0) is 25.8 Å². The van der Waals surface area contributed by atoms with Gasteiger partial charge in [-0.25, -0.2) is 0 Å². The predicted octanol–water partition coefficient (Wildman–Crippen LogP) is 1.06. The molecule has 17 heavy (non-hydrogen) atoms. The van der Waals surface area contributed by atoms with Crippen LogP contribution in [0.3, 0.4) is 0 Å². The summed E-state index contributed by atoms with van der Waals surface area (Å²) in [6.45, 7) is 5.57. The molecule has 0 bridgehead atoms. The smallest absolute Gasteiger partial charge is 0.220 e. The molecular weight excluding hydrogens is 216 g/mol. The van der Waals surface area contributed by atoms with Crippen molar-refractivity contribution in [1.29, 1.82) is 0 Å². The zero-order chi connectivity index (χ0) is 12.1. The maximum atomic E-state index is 11.7. The first-order valence-electron chi connectivity index (χ1n) is 6.76. The third-order valence-electron chi connectivity index (χ3n) is 3.75. The van der Waals surface area contributed by atoms with E-state index >= 15 is 0 Å². The third kappa shape index (κ3) is 3.96. The summed E-state index contributed by atoms with van der Waals surface area (Å²) >= 11 is 0. The van der Waals surface area contributed by atoms with Crippen LogP contribution in [0.1, 0.15) is 39.0 Å². The number of piperidine rings is 1. The van der Waals surface area contributed by atoms with Crippen molar-refractivity contribution < 1.29 is 9.53 Å². The van der Waals surface area contributed by atoms with Gasteiger partial charge in [0.25, 0.3) is 0 Å². The van der Waals surface area contributed by atoms with Crippen LogP contribution in [0.15, 0.2) is 0 Å². The van der Waals surface area contributed by atoms with E-state index in [-0.39, 0.29) is 11.3 Å². The number of hydrogen-bond acceptors (Lipinski definition) is 3. The van der Waals surface area contributed by atoms with Crippen molar-refractivity contribution in [2.24, 2.45) is 5.41 Å². The lowest BCUT2D eigenvalue weighted by Gasteiger charge is -2.38. The molecule has 4 heteroatoms. The van der Waals surface area contributed by atoms with Crippen molar-refractivity contribution in [2.75, 3.05) is 26.3 Å². The molecule has 0 aliphatic carbocycles. The summed E-state index contributed by atoms with van der Waals surface area (Å²) in [5, 5.41) is 6.49. The summed E-state index contributed by atoms with van der Waals surface area (Å²) in [6, 6.07) is 0.553. The first-order valence-corrected chi connectivity index (χ1v) is 6.76. The maximum absolute atomic E-state index is 11.7. The molecule has 2 aliphatic heterocycles. The summed E-state index contributed by atoms with van der Waals surface area (Å²) < 4.78 is 5.16. The average Bonchev–Trinajstić information content (AvgIpc) is 2.33. The largest absolute Gasteiger partial charge is 0.380 e. The minimum atomic E-state index is 0.179. The summed E-state index contributed by atoms with van der Waals surface area (Å²) in [7, 11) is 0. The maximum Gasteiger partial charge on any atom is 0.220 e. The fourth-order valence-corrected chi connectivity index (χ4v) is 2.43. The summed E-state index contributed by atoms with van der Waals surface area (Å²) in [5.74, 6) is 0.186. The first-order chi connectivity index (χ1) is 8.18. The zero-order valence-corrected chi connectivity index (χ0v) is 10.8. The predicted molar refractivity (Wildman–Crippen MR) is 66.8 cm³/mol. The Morgan fingerprint density at radius 2 is 2.29 bits per heavy atom. The SMILES string of the molecule is CC1(CNC(=O)CCC2CCCCN2)COC1. The van der Waals surface area contributed by atoms with E-state index in [0.717, 1.165) is 32.7 Å². The van der Waals surface area contributed by atoms with E-state index in [0.29, 0.717) is 12.5 Å². The molecule has 0 saturated carbocycles. The van der Waals surface area contributed by atoms with Crippen molar-refractivity contribution in [1.82, 2.24) is 10.6 Å². The third-order valence-corrected chi connectivity index (χ3v) is 3.75. The van der Waals surface area contributed by atoms with E-state index in [2.05, 4.69) is 17.6 Å². The Kier molecular flexibility index (Phi) is 4.40. The van der Waals surface area contributed by atoms with E-state index in [1.54, 1.807) is 0 Å². The molecule has 2 fully saturated rings. The molecule has 2 N–H and O–H groups in total. The first kappa shape index (κ1) is 12.8. The molecule has 0 spiro atoms. The Bertz CT molecular complexity index is 258. The van der Waals surface area contributed by atoms with Gasteiger partial charge in [0.1, 0.15) is 0 Å². The van der Waals surface area contributed by atoms with Crippen LogP contribution in [-0.4, -0.2) is 38.3 Å². The highest BCUT2D eigenvalue weighted by atomic mass is 16.5. The highest BCUT2D eigenvalue weighted by Gasteiger charge is 2.33. The Balaban J connectivity index is 1.57. The van der Waals surface area contributed by atoms with Gasteiger partial charge >= 0.3 is 0 Å². The normalized spacial score (nSPS) is 27.2. The Hall–Kier alpha value is -0.610. The van der Waals surface area contributed by atoms with Crippen LogP contribution in [0.2, 0.25) is 0 Å². The van der Waals surface area contributed by atoms with Crippen LogP contribution in [0.4, 0.5) is 0 Å². The van der Waals surface area contributed by atoms with Crippen LogP contribution in [-0.2, 0) is 9.53 Å². The van der Waals surface area contributed by atoms with E-state index in [1.807, 2.05) is 0 Å². The number of nitrogens with one attached hydrogen (secondary N) is 2. The average molecular weight is 240 g/mol. The van der Waals surface area contributed by atoms with Crippen molar-refractivity contribution >= 4 is 5.91 Å². The highest BCUT2D eigenvalue weighted by Crippen LogP contribution is 2.25. The van der Waals surface area contributed by atoms with Crippen molar-refractivity contribution in [3.05, 3.63) is 0 Å². The van der Waals surface area contributed by atoms with Gasteiger partial charge in [0, 0.05) is 24.4 Å². The molecule has 1 unspecified atom stereocenters. The van der Waals surface area contributed by atoms with Gasteiger partial charge in [0.2, 0.25) is 5.91 Å². The molecule has 0 aromatic carbocycles. The topological polar surface area (TPSA) is 50.4 Å². The van der Waals surface area contributed by atoms with Gasteiger partial charge in [-0.1, -0.05) is 13.3 Å². The summed E-state index contributed by atoms with van der Waals surface area (Å²) in [5.41, 5.74) is 0.179. The highest BCUT2D eigenvalue weighted by molar-refractivity contribution is 5.75. The second kappa shape index (κ2) is 5.83. The van der Waals surface area contributed by atoms with E-state index < -0.39 is 0 Å². The Morgan fingerprint density at radius 3 is 2.88 bits per heavy atom. The van der Waals surface area contributed by atoms with Gasteiger partial charge in [-0.2, -0.15) is 0 Å². The minimum Gasteiger partial charge on any atom is -0.380 e. The number of hydrogen-bond donors (Lipinski definition) is 2. The minimum absolute atomic E-state index is 0.179. The zero-order valence-electron chi connectivity index (χ0n) is 10.8. The van der Waals surface area contributed by atoms with Crippen molar-refractivity contribution in [2.45, 2.75) is 45.1 Å². The lowest BCUT2D eigenvalue weighted by atomic mass is 9.88. The lowest BCUT2D eigenvalue weighted by molar-refractivity contribution is -0.127. The van der Waals surface area contributed by atoms with E-state index in [4.69, 9.17) is 4.74 Å². The molecule has 4 nitrogen and oxygen atoms in total. The Morgan fingerprint density at radius 1 is 1.47 bits per heavy atom. The van der Waals surface area contributed by atoms with Crippen LogP contribution in [0.25, 0.3) is 0 Å². The van der Waals surface area contributed by atoms with Gasteiger partial charge < -0.3 is 15.4 Å². The molecule has 0 radical (unpaired) electrons. The van der Waals surface area contributed by atoms with Gasteiger partial charge in [0.05, 0.1) is 13.2 Å². The van der Waals surface area contributed by atoms with Crippen molar-refractivity contribution in [3.8, 4) is 0 Å². The molecule has 2 heterocycles. The number of rotatable bonds is 5. The molecule has 1 amide bonds. The molecule has 2 aliphatic rings. The fourth-order valence-electron chi connectivity index (χ4n) is 2.43. The van der Waals surface area contributed by atoms with Gasteiger partial charge in [-0.15, -0.1) is 0 Å². The number of carbonyl (C=O) groups is 1. The van der Waals surface area contributed by atoms with Gasteiger partial charge in [-0.3, -0.25) is 4.79 Å². The molecule has 0 aromatic rings. The second-order valence-electron chi connectivity index (χ2n) is 5.77. The molecule has 98 valence electrons. The molecule has 0 aromatic heterocycles. The monoisotopic (exact) mass is 240 g/mol. The Labute approximate surface area is 103 Å². The van der Waals surface area contributed by atoms with E-state index in [1.165, 1.54) is 19.3 Å². The lowest BCUT2D eigenvalue weighted by Crippen LogP contribution is -2.48. The van der Waals surface area contributed by atoms with Crippen LogP contribution < -0.4 is 10.6 Å². The van der Waals surface area contributed by atoms with Gasteiger partial charge in [0.15, 0.2) is 0 Å². The van der Waals surface area contributed by atoms with Crippen LogP contribution in [0.5, 0.6) is 0 Å². The second-order valence-corrected chi connectivity index (χ2v) is 5.77. The molecule has 2 rings (SSSR count). The fraction of sp³-hybridized carbons (Fsp3) is 0.923. The van der Waals surface area contributed by atoms with E-state index in [9.17, 15) is 4.79 Å². The summed E-state index contributed by atoms with van der Waals surface area (Å²) in [4.78, 5) is 11.7. The van der Waals surface area contributed by atoms with Crippen LogP contribution in [0, 0.1) is 5.41 Å². The van der Waals surface area contributed by atoms with Crippen LogP contribution >= 0.6 is 0 Å². The molecule has 1 atom stereocenters.